The second-order valence-electron chi connectivity index (χ2n) is 9.47. The van der Waals surface area contributed by atoms with Crippen molar-refractivity contribution in [2.45, 2.75) is 38.4 Å². The van der Waals surface area contributed by atoms with Crippen molar-refractivity contribution in [3.8, 4) is 5.82 Å². The summed E-state index contributed by atoms with van der Waals surface area (Å²) in [6, 6.07) is 11.9. The number of fused-ring (bicyclic) bond motifs is 2. The number of amides is 1. The van der Waals surface area contributed by atoms with E-state index in [1.165, 1.54) is 23.1 Å². The van der Waals surface area contributed by atoms with E-state index >= 15 is 0 Å². The lowest BCUT2D eigenvalue weighted by Crippen LogP contribution is -2.26. The molecule has 0 bridgehead atoms. The molecule has 1 aromatic carbocycles. The summed E-state index contributed by atoms with van der Waals surface area (Å²) in [4.78, 5) is 40.6. The topological polar surface area (TPSA) is 119 Å². The Hall–Kier alpha value is -4.25. The molecular weight excluding hydrogens is 472 g/mol. The van der Waals surface area contributed by atoms with Gasteiger partial charge in [0, 0.05) is 25.5 Å². The van der Waals surface area contributed by atoms with Gasteiger partial charge in [0.2, 0.25) is 5.95 Å². The molecule has 4 aromatic rings. The Bertz CT molecular complexity index is 1560. The quantitative estimate of drug-likeness (QED) is 0.415. The number of aromatic nitrogens is 5. The molecule has 0 radical (unpaired) electrons. The number of ether oxygens (including phenoxy) is 1. The molecule has 37 heavy (non-hydrogen) atoms. The molecule has 1 amide bonds. The van der Waals surface area contributed by atoms with E-state index in [9.17, 15) is 9.59 Å². The summed E-state index contributed by atoms with van der Waals surface area (Å²) in [5, 5.41) is 7.14. The lowest BCUT2D eigenvalue weighted by molar-refractivity contribution is 0.131. The van der Waals surface area contributed by atoms with Crippen LogP contribution in [0.4, 0.5) is 16.4 Å². The molecule has 4 heterocycles. The maximum Gasteiger partial charge on any atom is 0.409 e. The Kier molecular flexibility index (Phi) is 5.84. The molecule has 0 atom stereocenters. The predicted octanol–water partition coefficient (Wildman–Crippen LogP) is 2.90. The number of carbonyl (C=O) groups is 1. The zero-order valence-corrected chi connectivity index (χ0v) is 20.8. The maximum absolute atomic E-state index is 13.4. The van der Waals surface area contributed by atoms with Crippen LogP contribution in [0.1, 0.15) is 35.7 Å². The summed E-state index contributed by atoms with van der Waals surface area (Å²) in [6.45, 7) is 2.09. The first kappa shape index (κ1) is 23.2. The van der Waals surface area contributed by atoms with Crippen LogP contribution in [0.3, 0.4) is 0 Å². The third kappa shape index (κ3) is 4.42. The lowest BCUT2D eigenvalue weighted by atomic mass is 10.0. The molecule has 190 valence electrons. The molecule has 11 heteroatoms. The summed E-state index contributed by atoms with van der Waals surface area (Å²) in [7, 11) is 2.99. The van der Waals surface area contributed by atoms with Crippen LogP contribution in [-0.2, 0) is 24.2 Å². The Morgan fingerprint density at radius 2 is 2.08 bits per heavy atom. The number of benzene rings is 1. The summed E-state index contributed by atoms with van der Waals surface area (Å²) >= 11 is 0. The molecule has 11 nitrogen and oxygen atoms in total. The van der Waals surface area contributed by atoms with Gasteiger partial charge in [-0.15, -0.1) is 0 Å². The molecule has 0 unspecified atom stereocenters. The van der Waals surface area contributed by atoms with E-state index in [0.29, 0.717) is 28.5 Å². The SMILES string of the molecule is COC(=O)N(C)Cc1cccc(-n2c3nc(Nc4ccc5c(c4)CNCC5)ncc3c(=O)n2C2CC2)n1. The highest BCUT2D eigenvalue weighted by Crippen LogP contribution is 2.35. The molecular formula is C26H28N8O3. The van der Waals surface area contributed by atoms with E-state index < -0.39 is 6.09 Å². The summed E-state index contributed by atoms with van der Waals surface area (Å²) in [5.74, 6) is 0.957. The fourth-order valence-corrected chi connectivity index (χ4v) is 4.75. The van der Waals surface area contributed by atoms with Crippen molar-refractivity contribution in [3.63, 3.8) is 0 Å². The fourth-order valence-electron chi connectivity index (χ4n) is 4.75. The number of methoxy groups -OCH3 is 1. The van der Waals surface area contributed by atoms with Gasteiger partial charge in [-0.05, 0) is 61.2 Å². The van der Waals surface area contributed by atoms with Crippen LogP contribution in [0.2, 0.25) is 0 Å². The van der Waals surface area contributed by atoms with Crippen molar-refractivity contribution in [2.75, 3.05) is 26.0 Å². The highest BCUT2D eigenvalue weighted by Gasteiger charge is 2.31. The minimum atomic E-state index is -0.449. The predicted molar refractivity (Wildman–Crippen MR) is 138 cm³/mol. The van der Waals surface area contributed by atoms with Crippen molar-refractivity contribution in [3.05, 3.63) is 69.8 Å². The van der Waals surface area contributed by atoms with Gasteiger partial charge < -0.3 is 20.3 Å². The molecule has 6 rings (SSSR count). The van der Waals surface area contributed by atoms with Crippen LogP contribution >= 0.6 is 0 Å². The van der Waals surface area contributed by atoms with Crippen LogP contribution in [0.15, 0.2) is 47.4 Å². The van der Waals surface area contributed by atoms with E-state index in [-0.39, 0.29) is 18.1 Å². The Balaban J connectivity index is 1.40. The summed E-state index contributed by atoms with van der Waals surface area (Å²) < 4.78 is 8.30. The van der Waals surface area contributed by atoms with Crippen molar-refractivity contribution in [2.24, 2.45) is 0 Å². The highest BCUT2D eigenvalue weighted by atomic mass is 16.5. The standard InChI is InChI=1S/C26H28N8O3/c1-32(26(36)37-2)15-19-4-3-5-22(29-19)34-23-21(24(35)33(34)20-8-9-20)14-28-25(31-23)30-18-7-6-16-10-11-27-13-17(16)12-18/h3-7,12,14,20,27H,8-11,13,15H2,1-2H3,(H,28,30,31). The molecule has 1 aliphatic carbocycles. The monoisotopic (exact) mass is 500 g/mol. The van der Waals surface area contributed by atoms with Crippen molar-refractivity contribution < 1.29 is 9.53 Å². The molecule has 0 saturated heterocycles. The van der Waals surface area contributed by atoms with E-state index in [4.69, 9.17) is 14.7 Å². The van der Waals surface area contributed by atoms with Crippen molar-refractivity contribution in [1.29, 1.82) is 0 Å². The van der Waals surface area contributed by atoms with Gasteiger partial charge in [0.15, 0.2) is 11.5 Å². The minimum absolute atomic E-state index is 0.0921. The van der Waals surface area contributed by atoms with Crippen LogP contribution < -0.4 is 16.2 Å². The summed E-state index contributed by atoms with van der Waals surface area (Å²) in [5.41, 5.74) is 4.51. The van der Waals surface area contributed by atoms with Gasteiger partial charge in [0.25, 0.3) is 5.56 Å². The van der Waals surface area contributed by atoms with Crippen molar-refractivity contribution >= 4 is 28.8 Å². The maximum atomic E-state index is 13.4. The van der Waals surface area contributed by atoms with Crippen LogP contribution in [0.5, 0.6) is 0 Å². The number of nitrogens with one attached hydrogen (secondary N) is 2. The minimum Gasteiger partial charge on any atom is -0.453 e. The van der Waals surface area contributed by atoms with E-state index in [2.05, 4.69) is 27.8 Å². The first-order chi connectivity index (χ1) is 18.0. The van der Waals surface area contributed by atoms with Crippen LogP contribution in [0, 0.1) is 0 Å². The van der Waals surface area contributed by atoms with Crippen LogP contribution in [-0.4, -0.2) is 56.0 Å². The zero-order valence-electron chi connectivity index (χ0n) is 20.8. The molecule has 0 spiro atoms. The average molecular weight is 501 g/mol. The Morgan fingerprint density at radius 3 is 2.89 bits per heavy atom. The van der Waals surface area contributed by atoms with Gasteiger partial charge in [-0.2, -0.15) is 4.98 Å². The number of rotatable bonds is 6. The van der Waals surface area contributed by atoms with E-state index in [1.54, 1.807) is 22.6 Å². The van der Waals surface area contributed by atoms with E-state index in [1.807, 2.05) is 24.3 Å². The molecule has 2 aliphatic rings. The van der Waals surface area contributed by atoms with Gasteiger partial charge in [-0.1, -0.05) is 12.1 Å². The first-order valence-electron chi connectivity index (χ1n) is 12.4. The largest absolute Gasteiger partial charge is 0.453 e. The van der Waals surface area contributed by atoms with Gasteiger partial charge in [-0.25, -0.2) is 24.1 Å². The third-order valence-corrected chi connectivity index (χ3v) is 6.76. The fraction of sp³-hybridized carbons (Fsp3) is 0.346. The van der Waals surface area contributed by atoms with E-state index in [0.717, 1.165) is 38.0 Å². The Labute approximate surface area is 213 Å². The number of carbonyl (C=O) groups excluding carboxylic acids is 1. The number of hydrogen-bond donors (Lipinski definition) is 2. The molecule has 1 saturated carbocycles. The third-order valence-electron chi connectivity index (χ3n) is 6.76. The van der Waals surface area contributed by atoms with Gasteiger partial charge in [0.1, 0.15) is 5.39 Å². The van der Waals surface area contributed by atoms with Gasteiger partial charge >= 0.3 is 6.09 Å². The first-order valence-corrected chi connectivity index (χ1v) is 12.4. The number of nitrogens with zero attached hydrogens (tertiary/aromatic N) is 6. The van der Waals surface area contributed by atoms with Gasteiger partial charge in [-0.3, -0.25) is 4.79 Å². The highest BCUT2D eigenvalue weighted by molar-refractivity contribution is 5.77. The summed E-state index contributed by atoms with van der Waals surface area (Å²) in [6.07, 6.45) is 3.98. The lowest BCUT2D eigenvalue weighted by Gasteiger charge is -2.18. The smallest absolute Gasteiger partial charge is 0.409 e. The number of hydrogen-bond acceptors (Lipinski definition) is 8. The second kappa shape index (κ2) is 9.32. The molecule has 3 aromatic heterocycles. The average Bonchev–Trinajstić information content (AvgIpc) is 3.72. The molecule has 1 aliphatic heterocycles. The normalized spacial score (nSPS) is 14.9. The van der Waals surface area contributed by atoms with Crippen LogP contribution in [0.25, 0.3) is 16.9 Å². The molecule has 2 N–H and O–H groups in total. The number of anilines is 2. The molecule has 1 fully saturated rings. The Morgan fingerprint density at radius 1 is 1.22 bits per heavy atom. The second-order valence-corrected chi connectivity index (χ2v) is 9.47. The van der Waals surface area contributed by atoms with Crippen molar-refractivity contribution in [1.82, 2.24) is 34.5 Å². The number of pyridine rings is 1. The van der Waals surface area contributed by atoms with Gasteiger partial charge in [0.05, 0.1) is 25.4 Å². The zero-order chi connectivity index (χ0) is 25.5.